The molecule has 4 aliphatic rings. The topological polar surface area (TPSA) is 171 Å². The van der Waals surface area contributed by atoms with E-state index in [0.29, 0.717) is 32.2 Å². The summed E-state index contributed by atoms with van der Waals surface area (Å²) >= 11 is 0. The Morgan fingerprint density at radius 1 is 1.02 bits per heavy atom. The molecule has 1 heterocycles. The number of hydrogen-bond acceptors (Lipinski definition) is 7. The third-order valence-electron chi connectivity index (χ3n) is 10.6. The van der Waals surface area contributed by atoms with Gasteiger partial charge in [0.25, 0.3) is 5.91 Å². The molecule has 4 rings (SSSR count). The van der Waals surface area contributed by atoms with Crippen molar-refractivity contribution in [1.29, 1.82) is 0 Å². The van der Waals surface area contributed by atoms with Crippen molar-refractivity contribution in [3.8, 4) is 0 Å². The lowest BCUT2D eigenvalue weighted by Crippen LogP contribution is -2.63. The van der Waals surface area contributed by atoms with Crippen LogP contribution in [0.15, 0.2) is 12.7 Å². The Labute approximate surface area is 279 Å². The van der Waals surface area contributed by atoms with Crippen LogP contribution >= 0.6 is 0 Å². The maximum atomic E-state index is 14.4. The summed E-state index contributed by atoms with van der Waals surface area (Å²) < 4.78 is 24.6. The highest BCUT2D eigenvalue weighted by molar-refractivity contribution is 7.90. The second-order valence-corrected chi connectivity index (χ2v) is 18.3. The highest BCUT2D eigenvalue weighted by atomic mass is 32.2. The fraction of sp³-hybridized carbons (Fsp3) is 0.794. The van der Waals surface area contributed by atoms with Gasteiger partial charge in [0.2, 0.25) is 17.6 Å². The molecule has 0 aromatic carbocycles. The molecule has 3 aliphatic carbocycles. The summed E-state index contributed by atoms with van der Waals surface area (Å²) in [6.07, 6.45) is 9.13. The van der Waals surface area contributed by atoms with Gasteiger partial charge in [0.15, 0.2) is 0 Å². The van der Waals surface area contributed by atoms with E-state index in [1.807, 2.05) is 20.8 Å². The number of urea groups is 1. The number of likely N-dealkylation sites (tertiary alicyclic amines) is 1. The number of nitrogens with zero attached hydrogens (tertiary/aromatic N) is 1. The van der Waals surface area contributed by atoms with E-state index < -0.39 is 68.5 Å². The minimum Gasteiger partial charge on any atom is -0.349 e. The van der Waals surface area contributed by atoms with Gasteiger partial charge in [-0.05, 0) is 54.3 Å². The van der Waals surface area contributed by atoms with E-state index in [1.165, 1.54) is 4.90 Å². The summed E-state index contributed by atoms with van der Waals surface area (Å²) in [4.78, 5) is 69.3. The first-order valence-electron chi connectivity index (χ1n) is 17.1. The van der Waals surface area contributed by atoms with Crippen molar-refractivity contribution in [2.45, 2.75) is 116 Å². The normalized spacial score (nSPS) is 25.8. The molecule has 264 valence electrons. The summed E-state index contributed by atoms with van der Waals surface area (Å²) in [7, 11) is -3.39. The van der Waals surface area contributed by atoms with E-state index in [-0.39, 0.29) is 35.5 Å². The van der Waals surface area contributed by atoms with E-state index in [9.17, 15) is 32.4 Å². The van der Waals surface area contributed by atoms with E-state index in [1.54, 1.807) is 6.08 Å². The highest BCUT2D eigenvalue weighted by Gasteiger charge is 2.70. The zero-order chi connectivity index (χ0) is 34.9. The van der Waals surface area contributed by atoms with Crippen LogP contribution in [0.2, 0.25) is 0 Å². The van der Waals surface area contributed by atoms with Crippen molar-refractivity contribution >= 4 is 39.4 Å². The summed E-state index contributed by atoms with van der Waals surface area (Å²) in [5.41, 5.74) is -1.86. The van der Waals surface area contributed by atoms with Gasteiger partial charge in [0.1, 0.15) is 21.9 Å². The van der Waals surface area contributed by atoms with E-state index in [4.69, 9.17) is 0 Å². The smallest absolute Gasteiger partial charge is 0.315 e. The number of nitrogens with one attached hydrogen (secondary N) is 4. The summed E-state index contributed by atoms with van der Waals surface area (Å²) in [5, 5.41) is 11.2. The molecular formula is C34H55N5O7S. The molecule has 12 nitrogen and oxygen atoms in total. The number of fused-ring (bicyclic) bond motifs is 1. The SMILES string of the molecule is C=CCCNC(=O)C(=O)C(CC1CC1)NC(=O)[C@@H]1[C@@H]2[C@H](CN1C(=O)[C@@H](NC(=O)NC1(CS(C)(=O)=O)CCCCC1)C(C)(C)C)C2(C)C. The molecule has 0 aromatic heterocycles. The predicted molar refractivity (Wildman–Crippen MR) is 179 cm³/mol. The Bertz CT molecular complexity index is 1360. The first-order valence-corrected chi connectivity index (χ1v) is 19.2. The second-order valence-electron chi connectivity index (χ2n) is 16.1. The number of carbonyl (C=O) groups is 5. The van der Waals surface area contributed by atoms with Gasteiger partial charge in [-0.3, -0.25) is 19.2 Å². The largest absolute Gasteiger partial charge is 0.349 e. The van der Waals surface area contributed by atoms with Crippen LogP contribution in [0, 0.1) is 28.6 Å². The third-order valence-corrected chi connectivity index (χ3v) is 11.7. The van der Waals surface area contributed by atoms with Crippen LogP contribution in [0.5, 0.6) is 0 Å². The van der Waals surface area contributed by atoms with Gasteiger partial charge in [-0.15, -0.1) is 6.58 Å². The fourth-order valence-corrected chi connectivity index (χ4v) is 9.14. The van der Waals surface area contributed by atoms with Crippen LogP contribution in [-0.2, 0) is 29.0 Å². The molecule has 3 saturated carbocycles. The Morgan fingerprint density at radius 3 is 2.21 bits per heavy atom. The van der Waals surface area contributed by atoms with Crippen LogP contribution in [0.3, 0.4) is 0 Å². The highest BCUT2D eigenvalue weighted by Crippen LogP contribution is 2.65. The Kier molecular flexibility index (Phi) is 10.9. The maximum Gasteiger partial charge on any atom is 0.315 e. The fourth-order valence-electron chi connectivity index (χ4n) is 7.78. The molecule has 0 bridgehead atoms. The Hall–Kier alpha value is -2.96. The molecule has 13 heteroatoms. The van der Waals surface area contributed by atoms with Gasteiger partial charge in [-0.1, -0.05) is 72.8 Å². The summed E-state index contributed by atoms with van der Waals surface area (Å²) in [5.74, 6) is -2.34. The van der Waals surface area contributed by atoms with Crippen LogP contribution in [-0.4, -0.2) is 91.6 Å². The van der Waals surface area contributed by atoms with Gasteiger partial charge >= 0.3 is 6.03 Å². The van der Waals surface area contributed by atoms with Crippen molar-refractivity contribution in [2.75, 3.05) is 25.1 Å². The molecule has 47 heavy (non-hydrogen) atoms. The molecule has 0 aromatic rings. The van der Waals surface area contributed by atoms with Gasteiger partial charge in [-0.2, -0.15) is 0 Å². The lowest BCUT2D eigenvalue weighted by atomic mass is 9.83. The van der Waals surface area contributed by atoms with E-state index in [0.717, 1.165) is 38.4 Å². The molecular weight excluding hydrogens is 622 g/mol. The van der Waals surface area contributed by atoms with Crippen LogP contribution in [0.4, 0.5) is 4.79 Å². The number of ketones is 1. The van der Waals surface area contributed by atoms with Crippen LogP contribution in [0.1, 0.15) is 92.4 Å². The van der Waals surface area contributed by atoms with Crippen molar-refractivity contribution in [3.63, 3.8) is 0 Å². The average molecular weight is 678 g/mol. The number of rotatable bonds is 14. The molecule has 0 radical (unpaired) electrons. The van der Waals surface area contributed by atoms with Gasteiger partial charge < -0.3 is 26.2 Å². The van der Waals surface area contributed by atoms with Crippen molar-refractivity contribution < 1.29 is 32.4 Å². The minimum absolute atomic E-state index is 0.0664. The van der Waals surface area contributed by atoms with Gasteiger partial charge in [0.05, 0.1) is 17.3 Å². The molecule has 0 spiro atoms. The van der Waals surface area contributed by atoms with Crippen LogP contribution < -0.4 is 21.3 Å². The maximum absolute atomic E-state index is 14.4. The number of sulfone groups is 1. The van der Waals surface area contributed by atoms with Gasteiger partial charge in [0, 0.05) is 19.3 Å². The number of carbonyl (C=O) groups excluding carboxylic acids is 5. The van der Waals surface area contributed by atoms with Gasteiger partial charge in [-0.25, -0.2) is 13.2 Å². The zero-order valence-corrected chi connectivity index (χ0v) is 29.8. The summed E-state index contributed by atoms with van der Waals surface area (Å²) in [6.45, 7) is 13.8. The number of amides is 5. The molecule has 1 unspecified atom stereocenters. The average Bonchev–Trinajstić information content (AvgIpc) is 3.81. The lowest BCUT2D eigenvalue weighted by molar-refractivity contribution is -0.145. The Balaban J connectivity index is 1.53. The summed E-state index contributed by atoms with van der Waals surface area (Å²) in [6, 6.07) is -3.50. The number of piperidine rings is 1. The van der Waals surface area contributed by atoms with Crippen LogP contribution in [0.25, 0.3) is 0 Å². The molecule has 4 N–H and O–H groups in total. The van der Waals surface area contributed by atoms with E-state index in [2.05, 4.69) is 41.7 Å². The Morgan fingerprint density at radius 2 is 1.66 bits per heavy atom. The molecule has 4 fully saturated rings. The van der Waals surface area contributed by atoms with Crippen molar-refractivity contribution in [2.24, 2.45) is 28.6 Å². The monoisotopic (exact) mass is 677 g/mol. The standard InChI is InChI=1S/C34H55N5O7S/c1-8-9-17-35-29(42)26(40)23(18-21-13-14-21)36-28(41)25-24-22(33(24,5)6)19-39(25)30(43)27(32(2,3)4)37-31(44)38-34(20-47(7,45)46)15-11-10-12-16-34/h8,21-25,27H,1,9-20H2,2-7H3,(H,35,42)(H,36,41)(H2,37,38,44)/t22-,23?,24-,25-,27+/m0/s1. The van der Waals surface area contributed by atoms with Crippen molar-refractivity contribution in [3.05, 3.63) is 12.7 Å². The van der Waals surface area contributed by atoms with E-state index >= 15 is 0 Å². The lowest BCUT2D eigenvalue weighted by Gasteiger charge is -2.40. The number of Topliss-reactive ketones (excluding diaryl/α,β-unsaturated/α-hetero) is 1. The predicted octanol–water partition coefficient (Wildman–Crippen LogP) is 2.48. The second kappa shape index (κ2) is 13.9. The first-order chi connectivity index (χ1) is 21.8. The number of hydrogen-bond donors (Lipinski definition) is 4. The molecule has 1 saturated heterocycles. The van der Waals surface area contributed by atoms with Crippen molar-refractivity contribution in [1.82, 2.24) is 26.2 Å². The first kappa shape index (κ1) is 36.9. The quantitative estimate of drug-likeness (QED) is 0.124. The third kappa shape index (κ3) is 8.94. The minimum atomic E-state index is -3.39. The molecule has 5 atom stereocenters. The molecule has 5 amide bonds. The zero-order valence-electron chi connectivity index (χ0n) is 28.9. The molecule has 1 aliphatic heterocycles.